The third-order valence-electron chi connectivity index (χ3n) is 2.10. The maximum Gasteiger partial charge on any atom is 0.296 e. The lowest BCUT2D eigenvalue weighted by Gasteiger charge is -2.07. The lowest BCUT2D eigenvalue weighted by molar-refractivity contribution is -0.0324. The zero-order valence-corrected chi connectivity index (χ0v) is 8.69. The maximum absolute atomic E-state index is 11.7. The molecule has 0 N–H and O–H groups in total. The van der Waals surface area contributed by atoms with Crippen molar-refractivity contribution >= 4 is 11.8 Å². The van der Waals surface area contributed by atoms with Gasteiger partial charge in [-0.2, -0.15) is 6.92 Å². The molecule has 0 radical (unpaired) electrons. The van der Waals surface area contributed by atoms with Gasteiger partial charge in [0.2, 0.25) is 0 Å². The van der Waals surface area contributed by atoms with Gasteiger partial charge >= 0.3 is 0 Å². The average molecular weight is 224 g/mol. The van der Waals surface area contributed by atoms with Gasteiger partial charge in [-0.25, -0.2) is 5.92 Å². The van der Waals surface area contributed by atoms with Crippen molar-refractivity contribution < 1.29 is 14.4 Å². The van der Waals surface area contributed by atoms with E-state index in [1.807, 2.05) is 0 Å². The van der Waals surface area contributed by atoms with Crippen molar-refractivity contribution in [3.05, 3.63) is 42.3 Å². The fourth-order valence-corrected chi connectivity index (χ4v) is 1.39. The smallest absolute Gasteiger partial charge is 0.296 e. The van der Waals surface area contributed by atoms with Crippen molar-refractivity contribution in [1.82, 2.24) is 5.06 Å². The van der Waals surface area contributed by atoms with Gasteiger partial charge in [-0.3, -0.25) is 15.5 Å². The van der Waals surface area contributed by atoms with Gasteiger partial charge in [0.1, 0.15) is 6.11 Å². The van der Waals surface area contributed by atoms with Crippen LogP contribution in [0.2, 0.25) is 0 Å². The second-order valence-electron chi connectivity index (χ2n) is 3.07. The molecule has 0 unspecified atom stereocenters. The lowest BCUT2D eigenvalue weighted by Crippen LogP contribution is -2.28. The number of nitrogens with zero attached hydrogens (tertiary/aromatic N) is 1. The number of carbonyl (C=O) groups excluding carboxylic acids is 2. The maximum atomic E-state index is 11.7. The number of imide groups is 1. The van der Waals surface area contributed by atoms with E-state index in [-0.39, 0.29) is 0 Å². The molecule has 0 fully saturated rings. The van der Waals surface area contributed by atoms with E-state index in [1.165, 1.54) is 0 Å². The Bertz CT molecular complexity index is 576. The minimum atomic E-state index is -0.525. The van der Waals surface area contributed by atoms with Crippen LogP contribution in [0.1, 0.15) is 20.7 Å². The van der Waals surface area contributed by atoms with Crippen LogP contribution in [0.4, 0.5) is 0 Å². The van der Waals surface area contributed by atoms with Gasteiger partial charge in [0.05, 0.1) is 11.1 Å². The van der Waals surface area contributed by atoms with E-state index in [0.717, 1.165) is 0 Å². The van der Waals surface area contributed by atoms with Crippen molar-refractivity contribution in [2.75, 3.05) is 0 Å². The van der Waals surface area contributed by atoms with Crippen LogP contribution in [0.5, 0.6) is 0 Å². The second kappa shape index (κ2) is 4.34. The quantitative estimate of drug-likeness (QED) is 0.406. The van der Waals surface area contributed by atoms with Crippen LogP contribution in [0, 0.1) is 30.8 Å². The van der Waals surface area contributed by atoms with E-state index in [9.17, 15) is 9.59 Å². The Balaban J connectivity index is 2.24. The first-order valence-corrected chi connectivity index (χ1v) is 4.67. The number of fused-ring (bicyclic) bond motifs is 1. The van der Waals surface area contributed by atoms with Crippen molar-refractivity contribution in [2.24, 2.45) is 0 Å². The fourth-order valence-electron chi connectivity index (χ4n) is 1.39. The first-order valence-electron chi connectivity index (χ1n) is 4.67. The molecule has 1 aliphatic heterocycles. The third-order valence-corrected chi connectivity index (χ3v) is 2.10. The van der Waals surface area contributed by atoms with Crippen molar-refractivity contribution in [1.29, 1.82) is 0 Å². The zero-order chi connectivity index (χ0) is 12.3. The predicted molar refractivity (Wildman–Crippen MR) is 58.9 cm³/mol. The Labute approximate surface area is 98.1 Å². The molecule has 1 heterocycles. The molecule has 4 nitrogen and oxygen atoms in total. The molecule has 0 saturated heterocycles. The molecular formula is C13H6NO3-. The molecule has 1 aliphatic rings. The van der Waals surface area contributed by atoms with Gasteiger partial charge in [0.25, 0.3) is 11.8 Å². The van der Waals surface area contributed by atoms with E-state index >= 15 is 0 Å². The summed E-state index contributed by atoms with van der Waals surface area (Å²) in [6, 6.07) is 6.46. The average Bonchev–Trinajstić information content (AvgIpc) is 2.60. The zero-order valence-electron chi connectivity index (χ0n) is 8.69. The van der Waals surface area contributed by atoms with Gasteiger partial charge in [0, 0.05) is 0 Å². The van der Waals surface area contributed by atoms with Crippen LogP contribution in [0.3, 0.4) is 0 Å². The topological polar surface area (TPSA) is 46.6 Å². The summed E-state index contributed by atoms with van der Waals surface area (Å²) in [4.78, 5) is 28.2. The molecule has 2 rings (SSSR count). The van der Waals surface area contributed by atoms with E-state index in [4.69, 9.17) is 4.84 Å². The summed E-state index contributed by atoms with van der Waals surface area (Å²) in [5.74, 6) is 5.85. The molecule has 0 bridgehead atoms. The highest BCUT2D eigenvalue weighted by Crippen LogP contribution is 2.22. The molecule has 2 amide bonds. The minimum absolute atomic E-state index is 0.308. The molecule has 0 aliphatic carbocycles. The highest BCUT2D eigenvalue weighted by molar-refractivity contribution is 6.20. The summed E-state index contributed by atoms with van der Waals surface area (Å²) < 4.78 is 0. The standard InChI is InChI=1S/C13H6NO3/c1-2-3-6-9-17-14-12(15)10-7-4-5-8-11(10)13(14)16/h4-5,7-8H,1H2/q-1. The SMILES string of the molecule is [CH2-]C#CC#CON1C(=O)c2ccccc2C1=O. The van der Waals surface area contributed by atoms with Crippen LogP contribution in [0.25, 0.3) is 0 Å². The van der Waals surface area contributed by atoms with Crippen LogP contribution in [0.15, 0.2) is 24.3 Å². The Morgan fingerprint density at radius 2 is 1.65 bits per heavy atom. The third kappa shape index (κ3) is 1.80. The van der Waals surface area contributed by atoms with Gasteiger partial charge in [-0.05, 0) is 12.1 Å². The Hall–Kier alpha value is -2.85. The molecule has 17 heavy (non-hydrogen) atoms. The molecule has 0 spiro atoms. The normalized spacial score (nSPS) is 12.1. The van der Waals surface area contributed by atoms with Gasteiger partial charge < -0.3 is 4.84 Å². The molecular weight excluding hydrogens is 218 g/mol. The monoisotopic (exact) mass is 224 g/mol. The van der Waals surface area contributed by atoms with E-state index in [2.05, 4.69) is 30.8 Å². The van der Waals surface area contributed by atoms with Crippen LogP contribution in [-0.2, 0) is 4.84 Å². The Kier molecular flexibility index (Phi) is 2.72. The number of hydrogen-bond acceptors (Lipinski definition) is 3. The largest absolute Gasteiger partial charge is 0.316 e. The van der Waals surface area contributed by atoms with Gasteiger partial charge in [-0.15, -0.1) is 0 Å². The van der Waals surface area contributed by atoms with Crippen molar-refractivity contribution in [2.45, 2.75) is 0 Å². The van der Waals surface area contributed by atoms with Crippen molar-refractivity contribution in [3.63, 3.8) is 0 Å². The summed E-state index contributed by atoms with van der Waals surface area (Å²) in [7, 11) is 0. The molecule has 1 aromatic carbocycles. The predicted octanol–water partition coefficient (Wildman–Crippen LogP) is 1.01. The second-order valence-corrected chi connectivity index (χ2v) is 3.07. The highest BCUT2D eigenvalue weighted by Gasteiger charge is 2.37. The van der Waals surface area contributed by atoms with Crippen LogP contribution < -0.4 is 0 Å². The number of benzene rings is 1. The summed E-state index contributed by atoms with van der Waals surface area (Å²) >= 11 is 0. The van der Waals surface area contributed by atoms with E-state index in [0.29, 0.717) is 16.2 Å². The Morgan fingerprint density at radius 1 is 1.06 bits per heavy atom. The van der Waals surface area contributed by atoms with E-state index < -0.39 is 11.8 Å². The summed E-state index contributed by atoms with van der Waals surface area (Å²) in [6.45, 7) is 3.25. The number of amides is 2. The van der Waals surface area contributed by atoms with Gasteiger partial charge in [0.15, 0.2) is 0 Å². The first-order chi connectivity index (χ1) is 8.25. The Morgan fingerprint density at radius 3 is 2.18 bits per heavy atom. The number of hydrogen-bond donors (Lipinski definition) is 0. The van der Waals surface area contributed by atoms with Crippen LogP contribution >= 0.6 is 0 Å². The van der Waals surface area contributed by atoms with E-state index in [1.54, 1.807) is 24.3 Å². The van der Waals surface area contributed by atoms with Crippen molar-refractivity contribution in [3.8, 4) is 23.9 Å². The number of rotatable bonds is 1. The fraction of sp³-hybridized carbons (Fsp3) is 0. The molecule has 0 aromatic heterocycles. The molecule has 4 heteroatoms. The molecule has 1 aromatic rings. The minimum Gasteiger partial charge on any atom is -0.316 e. The summed E-state index contributed by atoms with van der Waals surface area (Å²) in [5, 5.41) is 0.614. The molecule has 0 atom stereocenters. The molecule has 0 saturated carbocycles. The summed E-state index contributed by atoms with van der Waals surface area (Å²) in [5.41, 5.74) is 0.616. The molecule has 82 valence electrons. The lowest BCUT2D eigenvalue weighted by atomic mass is 10.1. The summed E-state index contributed by atoms with van der Waals surface area (Å²) in [6.07, 6.45) is 2.14. The number of carbonyl (C=O) groups is 2. The van der Waals surface area contributed by atoms with Gasteiger partial charge in [-0.1, -0.05) is 23.1 Å². The number of hydroxylamine groups is 2. The first kappa shape index (κ1) is 10.7. The highest BCUT2D eigenvalue weighted by atomic mass is 16.7. The van der Waals surface area contributed by atoms with Crippen LogP contribution in [-0.4, -0.2) is 16.9 Å².